The fraction of sp³-hybridized carbons (Fsp3) is 0.548. The van der Waals surface area contributed by atoms with Crippen molar-refractivity contribution in [2.75, 3.05) is 32.7 Å². The number of rotatable bonds is 6. The maximum Gasteiger partial charge on any atom is 0.317 e. The van der Waals surface area contributed by atoms with E-state index in [2.05, 4.69) is 69.7 Å². The lowest BCUT2D eigenvalue weighted by atomic mass is 9.84. The van der Waals surface area contributed by atoms with Gasteiger partial charge in [0.05, 0.1) is 0 Å². The van der Waals surface area contributed by atoms with E-state index in [1.54, 1.807) is 11.1 Å². The zero-order chi connectivity index (χ0) is 26.3. The first-order valence-electron chi connectivity index (χ1n) is 14.4. The van der Waals surface area contributed by atoms with E-state index in [9.17, 15) is 4.79 Å². The number of benzene rings is 2. The van der Waals surface area contributed by atoms with Gasteiger partial charge in [-0.3, -0.25) is 14.6 Å². The van der Waals surface area contributed by atoms with E-state index < -0.39 is 0 Å². The highest BCUT2D eigenvalue weighted by atomic mass is 16.3. The van der Waals surface area contributed by atoms with Crippen LogP contribution in [0, 0.1) is 5.92 Å². The maximum absolute atomic E-state index is 12.9. The van der Waals surface area contributed by atoms with E-state index in [0.717, 1.165) is 51.5 Å². The number of hydrogen-bond donors (Lipinski definition) is 2. The van der Waals surface area contributed by atoms with Crippen molar-refractivity contribution in [2.45, 2.75) is 69.6 Å². The highest BCUT2D eigenvalue weighted by Gasteiger charge is 2.43. The van der Waals surface area contributed by atoms with E-state index in [0.29, 0.717) is 18.1 Å². The number of nitrogens with one attached hydrogen (secondary N) is 1. The van der Waals surface area contributed by atoms with Gasteiger partial charge >= 0.3 is 6.03 Å². The normalized spacial score (nSPS) is 26.8. The van der Waals surface area contributed by atoms with Crippen LogP contribution in [0.4, 0.5) is 4.79 Å². The van der Waals surface area contributed by atoms with Crippen molar-refractivity contribution in [1.29, 1.82) is 0 Å². The van der Waals surface area contributed by atoms with Gasteiger partial charge in [0, 0.05) is 50.8 Å². The summed E-state index contributed by atoms with van der Waals surface area (Å²) in [7, 11) is 0. The summed E-state index contributed by atoms with van der Waals surface area (Å²) >= 11 is 0. The molecule has 7 nitrogen and oxygen atoms in total. The van der Waals surface area contributed by atoms with Crippen molar-refractivity contribution in [2.24, 2.45) is 5.92 Å². The molecule has 3 aliphatic heterocycles. The Bertz CT molecular complexity index is 1020. The first-order chi connectivity index (χ1) is 18.7. The zero-order valence-electron chi connectivity index (χ0n) is 22.4. The third-order valence-corrected chi connectivity index (χ3v) is 9.11. The lowest BCUT2D eigenvalue weighted by Crippen LogP contribution is -2.53. The predicted molar refractivity (Wildman–Crippen MR) is 149 cm³/mol. The van der Waals surface area contributed by atoms with Crippen LogP contribution in [0.2, 0.25) is 0 Å². The molecule has 0 spiro atoms. The van der Waals surface area contributed by atoms with E-state index in [4.69, 9.17) is 9.90 Å². The number of carbonyl (C=O) groups is 2. The second-order valence-corrected chi connectivity index (χ2v) is 11.3. The van der Waals surface area contributed by atoms with Crippen LogP contribution in [0.3, 0.4) is 0 Å². The van der Waals surface area contributed by atoms with E-state index in [1.807, 2.05) is 4.90 Å². The maximum atomic E-state index is 12.9. The van der Waals surface area contributed by atoms with Gasteiger partial charge in [0.2, 0.25) is 0 Å². The Balaban J connectivity index is 0.000000937. The number of urea groups is 1. The average molecular weight is 519 g/mol. The molecule has 2 bridgehead atoms. The number of piperazine rings is 1. The Morgan fingerprint density at radius 2 is 1.42 bits per heavy atom. The zero-order valence-corrected chi connectivity index (χ0v) is 22.4. The number of carboxylic acid groups (broad SMARTS) is 1. The van der Waals surface area contributed by atoms with Crippen LogP contribution >= 0.6 is 0 Å². The third-order valence-electron chi connectivity index (χ3n) is 9.11. The standard InChI is InChI=1S/C30H40N4O.CH2O2/c35-30(33-20-18-32(19-21-33)22-24-6-2-1-3-7-24)31-25-12-10-23(11-13-25)16-17-34-28-14-15-29(34)27-9-5-4-8-26(27)28;2-1-3/h1-9,23,25,28-29H,10-22H2,(H,31,35);1H,(H,2,3). The Hall–Kier alpha value is -2.90. The molecular weight excluding hydrogens is 476 g/mol. The van der Waals surface area contributed by atoms with Crippen molar-refractivity contribution in [3.63, 3.8) is 0 Å². The highest BCUT2D eigenvalue weighted by Crippen LogP contribution is 2.53. The summed E-state index contributed by atoms with van der Waals surface area (Å²) in [6.45, 7) is 5.53. The molecular formula is C31H42N4O3. The second kappa shape index (κ2) is 12.8. The number of hydrogen-bond acceptors (Lipinski definition) is 4. The molecule has 3 fully saturated rings. The molecule has 0 radical (unpaired) electrons. The van der Waals surface area contributed by atoms with Crippen molar-refractivity contribution in [3.8, 4) is 0 Å². The lowest BCUT2D eigenvalue weighted by Gasteiger charge is -2.36. The fourth-order valence-corrected chi connectivity index (χ4v) is 7.11. The highest BCUT2D eigenvalue weighted by molar-refractivity contribution is 5.74. The molecule has 2 aromatic carbocycles. The monoisotopic (exact) mass is 518 g/mol. The van der Waals surface area contributed by atoms with Crippen molar-refractivity contribution >= 4 is 12.5 Å². The van der Waals surface area contributed by atoms with Gasteiger partial charge in [-0.1, -0.05) is 54.6 Å². The summed E-state index contributed by atoms with van der Waals surface area (Å²) < 4.78 is 0. The van der Waals surface area contributed by atoms with Crippen LogP contribution in [0.15, 0.2) is 54.6 Å². The Kier molecular flexibility index (Phi) is 8.97. The van der Waals surface area contributed by atoms with Crippen LogP contribution < -0.4 is 5.32 Å². The summed E-state index contributed by atoms with van der Waals surface area (Å²) in [5.41, 5.74) is 4.54. The molecule has 2 N–H and O–H groups in total. The molecule has 2 amide bonds. The first kappa shape index (κ1) is 26.7. The van der Waals surface area contributed by atoms with Crippen LogP contribution in [0.5, 0.6) is 0 Å². The molecule has 2 atom stereocenters. The number of fused-ring (bicyclic) bond motifs is 5. The van der Waals surface area contributed by atoms with Crippen molar-refractivity contribution in [3.05, 3.63) is 71.3 Å². The Morgan fingerprint density at radius 1 is 0.842 bits per heavy atom. The predicted octanol–water partition coefficient (Wildman–Crippen LogP) is 5.06. The molecule has 2 aromatic rings. The minimum atomic E-state index is -0.250. The third kappa shape index (κ3) is 6.21. The lowest BCUT2D eigenvalue weighted by molar-refractivity contribution is -0.122. The van der Waals surface area contributed by atoms with Gasteiger partial charge in [-0.15, -0.1) is 0 Å². The summed E-state index contributed by atoms with van der Waals surface area (Å²) in [4.78, 5) is 28.5. The number of amides is 2. The first-order valence-corrected chi connectivity index (χ1v) is 14.4. The van der Waals surface area contributed by atoms with E-state index >= 15 is 0 Å². The van der Waals surface area contributed by atoms with E-state index in [1.165, 1.54) is 44.2 Å². The van der Waals surface area contributed by atoms with Gasteiger partial charge in [-0.2, -0.15) is 0 Å². The van der Waals surface area contributed by atoms with Crippen LogP contribution in [0.1, 0.15) is 73.7 Å². The van der Waals surface area contributed by atoms with Crippen LogP contribution in [0.25, 0.3) is 0 Å². The quantitative estimate of drug-likeness (QED) is 0.523. The van der Waals surface area contributed by atoms with Crippen LogP contribution in [-0.4, -0.2) is 71.1 Å². The van der Waals surface area contributed by atoms with Gasteiger partial charge in [0.25, 0.3) is 6.47 Å². The summed E-state index contributed by atoms with van der Waals surface area (Å²) in [6.07, 6.45) is 8.76. The van der Waals surface area contributed by atoms with Crippen LogP contribution in [-0.2, 0) is 11.3 Å². The average Bonchev–Trinajstić information content (AvgIpc) is 3.50. The minimum absolute atomic E-state index is 0.152. The Labute approximate surface area is 226 Å². The Morgan fingerprint density at radius 3 is 2.03 bits per heavy atom. The molecule has 204 valence electrons. The number of nitrogens with zero attached hydrogens (tertiary/aromatic N) is 3. The minimum Gasteiger partial charge on any atom is -0.483 e. The second-order valence-electron chi connectivity index (χ2n) is 11.3. The summed E-state index contributed by atoms with van der Waals surface area (Å²) in [5, 5.41) is 10.3. The molecule has 1 aliphatic carbocycles. The molecule has 2 unspecified atom stereocenters. The topological polar surface area (TPSA) is 76.1 Å². The molecule has 38 heavy (non-hydrogen) atoms. The molecule has 3 heterocycles. The fourth-order valence-electron chi connectivity index (χ4n) is 7.11. The van der Waals surface area contributed by atoms with Gasteiger partial charge in [-0.05, 0) is 74.1 Å². The molecule has 4 aliphatic rings. The van der Waals surface area contributed by atoms with Gasteiger partial charge in [0.15, 0.2) is 0 Å². The molecule has 2 saturated heterocycles. The smallest absolute Gasteiger partial charge is 0.317 e. The van der Waals surface area contributed by atoms with E-state index in [-0.39, 0.29) is 12.5 Å². The summed E-state index contributed by atoms with van der Waals surface area (Å²) in [5.74, 6) is 0.813. The molecule has 0 aromatic heterocycles. The van der Waals surface area contributed by atoms with Gasteiger partial charge in [0.1, 0.15) is 0 Å². The van der Waals surface area contributed by atoms with Gasteiger partial charge in [-0.25, -0.2) is 4.79 Å². The molecule has 1 saturated carbocycles. The van der Waals surface area contributed by atoms with Crippen molar-refractivity contribution < 1.29 is 14.7 Å². The number of carbonyl (C=O) groups excluding carboxylic acids is 1. The van der Waals surface area contributed by atoms with Gasteiger partial charge < -0.3 is 15.3 Å². The SMILES string of the molecule is O=C(NC1CCC(CCN2C3CCC2c2ccccc23)CC1)N1CCN(Cc2ccccc2)CC1.O=CO. The molecule has 7 heteroatoms. The largest absolute Gasteiger partial charge is 0.483 e. The molecule has 6 rings (SSSR count). The summed E-state index contributed by atoms with van der Waals surface area (Å²) in [6, 6.07) is 21.6. The van der Waals surface area contributed by atoms with Crippen molar-refractivity contribution in [1.82, 2.24) is 20.0 Å².